The highest BCUT2D eigenvalue weighted by molar-refractivity contribution is 7.92. The quantitative estimate of drug-likeness (QED) is 0.443. The highest BCUT2D eigenvalue weighted by Gasteiger charge is 2.29. The largest absolute Gasteiger partial charge is 0.492 e. The Morgan fingerprint density at radius 1 is 0.941 bits per heavy atom. The number of anilines is 1. The maximum Gasteiger partial charge on any atom is 0.264 e. The number of hydrogen-bond donors (Lipinski definition) is 1. The third-order valence-electron chi connectivity index (χ3n) is 4.98. The lowest BCUT2D eigenvalue weighted by molar-refractivity contribution is -0.120. The van der Waals surface area contributed by atoms with Crippen LogP contribution in [-0.2, 0) is 14.8 Å². The summed E-state index contributed by atoms with van der Waals surface area (Å²) in [7, 11) is -4.02. The van der Waals surface area contributed by atoms with E-state index in [1.807, 2.05) is 38.1 Å². The van der Waals surface area contributed by atoms with E-state index in [-0.39, 0.29) is 17.5 Å². The zero-order valence-electron chi connectivity index (χ0n) is 19.6. The summed E-state index contributed by atoms with van der Waals surface area (Å²) in [4.78, 5) is 13.0. The van der Waals surface area contributed by atoms with Gasteiger partial charge >= 0.3 is 0 Å². The number of nitrogens with one attached hydrogen (secondary N) is 1. The SMILES string of the molecule is CCOc1ccccc1N(CC(=O)NC(C)COc1ccc(C)cc1)S(=O)(=O)c1ccccc1. The highest BCUT2D eigenvalue weighted by Crippen LogP contribution is 2.32. The molecule has 7 nitrogen and oxygen atoms in total. The second kappa shape index (κ2) is 11.6. The lowest BCUT2D eigenvalue weighted by Crippen LogP contribution is -2.45. The van der Waals surface area contributed by atoms with E-state index in [1.165, 1.54) is 12.1 Å². The smallest absolute Gasteiger partial charge is 0.264 e. The Labute approximate surface area is 201 Å². The Morgan fingerprint density at radius 2 is 1.59 bits per heavy atom. The van der Waals surface area contributed by atoms with Gasteiger partial charge in [-0.25, -0.2) is 8.42 Å². The molecule has 0 aliphatic rings. The van der Waals surface area contributed by atoms with Crippen LogP contribution in [0.5, 0.6) is 11.5 Å². The molecule has 0 saturated carbocycles. The van der Waals surface area contributed by atoms with Crippen molar-refractivity contribution < 1.29 is 22.7 Å². The monoisotopic (exact) mass is 482 g/mol. The van der Waals surface area contributed by atoms with Crippen molar-refractivity contribution in [1.29, 1.82) is 0 Å². The van der Waals surface area contributed by atoms with Crippen molar-refractivity contribution in [2.45, 2.75) is 31.7 Å². The molecule has 8 heteroatoms. The van der Waals surface area contributed by atoms with Gasteiger partial charge in [0.15, 0.2) is 0 Å². The molecule has 3 aromatic rings. The lowest BCUT2D eigenvalue weighted by atomic mass is 10.2. The molecule has 0 aliphatic carbocycles. The summed E-state index contributed by atoms with van der Waals surface area (Å²) >= 11 is 0. The molecular weight excluding hydrogens is 452 g/mol. The number of amides is 1. The summed E-state index contributed by atoms with van der Waals surface area (Å²) in [5.41, 5.74) is 1.42. The third-order valence-corrected chi connectivity index (χ3v) is 6.75. The topological polar surface area (TPSA) is 84.9 Å². The first kappa shape index (κ1) is 25.1. The average Bonchev–Trinajstić information content (AvgIpc) is 2.83. The molecule has 0 bridgehead atoms. The van der Waals surface area contributed by atoms with Crippen LogP contribution >= 0.6 is 0 Å². The number of nitrogens with zero attached hydrogens (tertiary/aromatic N) is 1. The average molecular weight is 483 g/mol. The molecule has 0 saturated heterocycles. The molecule has 0 aromatic heterocycles. The first-order valence-corrected chi connectivity index (χ1v) is 12.5. The molecule has 180 valence electrons. The molecule has 0 radical (unpaired) electrons. The molecule has 1 unspecified atom stereocenters. The van der Waals surface area contributed by atoms with Crippen molar-refractivity contribution in [2.24, 2.45) is 0 Å². The van der Waals surface area contributed by atoms with Crippen LogP contribution in [0.3, 0.4) is 0 Å². The van der Waals surface area contributed by atoms with Gasteiger partial charge in [-0.1, -0.05) is 48.0 Å². The van der Waals surface area contributed by atoms with Crippen LogP contribution in [0.25, 0.3) is 0 Å². The van der Waals surface area contributed by atoms with Crippen LogP contribution < -0.4 is 19.1 Å². The minimum Gasteiger partial charge on any atom is -0.492 e. The zero-order chi connectivity index (χ0) is 24.6. The van der Waals surface area contributed by atoms with E-state index in [0.717, 1.165) is 9.87 Å². The molecule has 1 N–H and O–H groups in total. The van der Waals surface area contributed by atoms with Crippen LogP contribution in [0.1, 0.15) is 19.4 Å². The summed E-state index contributed by atoms with van der Waals surface area (Å²) in [5.74, 6) is 0.629. The summed E-state index contributed by atoms with van der Waals surface area (Å²) < 4.78 is 39.5. The number of sulfonamides is 1. The van der Waals surface area contributed by atoms with Gasteiger partial charge in [0.1, 0.15) is 24.7 Å². The van der Waals surface area contributed by atoms with E-state index in [1.54, 1.807) is 49.4 Å². The fourth-order valence-electron chi connectivity index (χ4n) is 3.31. The molecule has 3 aromatic carbocycles. The van der Waals surface area contributed by atoms with Gasteiger partial charge in [-0.3, -0.25) is 9.10 Å². The molecule has 0 heterocycles. The molecule has 1 atom stereocenters. The van der Waals surface area contributed by atoms with Crippen LogP contribution in [0.2, 0.25) is 0 Å². The third kappa shape index (κ3) is 6.51. The van der Waals surface area contributed by atoms with Crippen LogP contribution in [-0.4, -0.2) is 40.1 Å². The fraction of sp³-hybridized carbons (Fsp3) is 0.269. The molecule has 1 amide bonds. The second-order valence-electron chi connectivity index (χ2n) is 7.82. The van der Waals surface area contributed by atoms with Crippen molar-refractivity contribution in [1.82, 2.24) is 5.32 Å². The first-order valence-electron chi connectivity index (χ1n) is 11.1. The molecule has 0 aliphatic heterocycles. The Morgan fingerprint density at radius 3 is 2.26 bits per heavy atom. The maximum atomic E-state index is 13.5. The van der Waals surface area contributed by atoms with Crippen molar-refractivity contribution in [3.05, 3.63) is 84.4 Å². The van der Waals surface area contributed by atoms with Gasteiger partial charge in [0, 0.05) is 0 Å². The zero-order valence-corrected chi connectivity index (χ0v) is 20.4. The van der Waals surface area contributed by atoms with Crippen LogP contribution in [0, 0.1) is 6.92 Å². The van der Waals surface area contributed by atoms with E-state index in [0.29, 0.717) is 23.8 Å². The van der Waals surface area contributed by atoms with E-state index in [2.05, 4.69) is 5.32 Å². The summed E-state index contributed by atoms with van der Waals surface area (Å²) in [6, 6.07) is 22.1. The van der Waals surface area contributed by atoms with E-state index in [4.69, 9.17) is 9.47 Å². The number of benzene rings is 3. The Balaban J connectivity index is 1.78. The lowest BCUT2D eigenvalue weighted by Gasteiger charge is -2.26. The maximum absolute atomic E-state index is 13.5. The van der Waals surface area contributed by atoms with E-state index >= 15 is 0 Å². The van der Waals surface area contributed by atoms with Crippen LogP contribution in [0.15, 0.2) is 83.8 Å². The van der Waals surface area contributed by atoms with Gasteiger partial charge in [-0.05, 0) is 57.2 Å². The molecule has 34 heavy (non-hydrogen) atoms. The first-order chi connectivity index (χ1) is 16.3. The minimum atomic E-state index is -4.02. The van der Waals surface area contributed by atoms with Crippen molar-refractivity contribution >= 4 is 21.6 Å². The predicted molar refractivity (Wildman–Crippen MR) is 133 cm³/mol. The Hall–Kier alpha value is -3.52. The van der Waals surface area contributed by atoms with Gasteiger partial charge in [0.05, 0.1) is 23.2 Å². The van der Waals surface area contributed by atoms with E-state index < -0.39 is 22.5 Å². The highest BCUT2D eigenvalue weighted by atomic mass is 32.2. The number of rotatable bonds is 11. The molecule has 0 fully saturated rings. The molecule has 3 rings (SSSR count). The summed E-state index contributed by atoms with van der Waals surface area (Å²) in [6.45, 7) is 5.80. The molecular formula is C26H30N2O5S. The standard InChI is InChI=1S/C26H30N2O5S/c1-4-32-25-13-9-8-12-24(25)28(34(30,31)23-10-6-5-7-11-23)18-26(29)27-21(3)19-33-22-16-14-20(2)15-17-22/h5-17,21H,4,18-19H2,1-3H3,(H,27,29). The van der Waals surface area contributed by atoms with Crippen LogP contribution in [0.4, 0.5) is 5.69 Å². The fourth-order valence-corrected chi connectivity index (χ4v) is 4.76. The van der Waals surface area contributed by atoms with Gasteiger partial charge in [0.2, 0.25) is 5.91 Å². The second-order valence-corrected chi connectivity index (χ2v) is 9.68. The number of carbonyl (C=O) groups is 1. The van der Waals surface area contributed by atoms with E-state index in [9.17, 15) is 13.2 Å². The predicted octanol–water partition coefficient (Wildman–Crippen LogP) is 4.17. The Kier molecular flexibility index (Phi) is 8.54. The van der Waals surface area contributed by atoms with Gasteiger partial charge < -0.3 is 14.8 Å². The number of carbonyl (C=O) groups excluding carboxylic acids is 1. The number of aryl methyl sites for hydroxylation is 1. The van der Waals surface area contributed by atoms with Gasteiger partial charge in [0.25, 0.3) is 10.0 Å². The summed E-state index contributed by atoms with van der Waals surface area (Å²) in [6.07, 6.45) is 0. The minimum absolute atomic E-state index is 0.0878. The van der Waals surface area contributed by atoms with Gasteiger partial charge in [-0.15, -0.1) is 0 Å². The number of hydrogen-bond acceptors (Lipinski definition) is 5. The summed E-state index contributed by atoms with van der Waals surface area (Å²) in [5, 5.41) is 2.83. The molecule has 0 spiro atoms. The normalized spacial score (nSPS) is 12.0. The van der Waals surface area contributed by atoms with Gasteiger partial charge in [-0.2, -0.15) is 0 Å². The number of para-hydroxylation sites is 2. The Bertz CT molecular complexity index is 1180. The van der Waals surface area contributed by atoms with Crippen molar-refractivity contribution in [2.75, 3.05) is 24.1 Å². The van der Waals surface area contributed by atoms with Crippen molar-refractivity contribution in [3.63, 3.8) is 0 Å². The van der Waals surface area contributed by atoms with Crippen molar-refractivity contribution in [3.8, 4) is 11.5 Å². The number of ether oxygens (including phenoxy) is 2.